The third-order valence-corrected chi connectivity index (χ3v) is 2.97. The SMILES string of the molecule is Cc1c(S(=O)(=O)O)oc2cc(O)ccc12. The Hall–Kier alpha value is -1.53. The lowest BCUT2D eigenvalue weighted by molar-refractivity contribution is 0.420. The van der Waals surface area contributed by atoms with E-state index in [1.165, 1.54) is 25.1 Å². The van der Waals surface area contributed by atoms with Crippen LogP contribution in [0, 0.1) is 6.92 Å². The molecular formula is C9H8O5S. The van der Waals surface area contributed by atoms with Gasteiger partial charge in [-0.2, -0.15) is 8.42 Å². The lowest BCUT2D eigenvalue weighted by atomic mass is 10.2. The zero-order valence-corrected chi connectivity index (χ0v) is 8.58. The lowest BCUT2D eigenvalue weighted by Crippen LogP contribution is -1.97. The number of furan rings is 1. The van der Waals surface area contributed by atoms with Gasteiger partial charge < -0.3 is 9.52 Å². The first-order valence-corrected chi connectivity index (χ1v) is 5.53. The topological polar surface area (TPSA) is 87.7 Å². The highest BCUT2D eigenvalue weighted by Crippen LogP contribution is 2.30. The fourth-order valence-electron chi connectivity index (χ4n) is 1.44. The van der Waals surface area contributed by atoms with E-state index in [1.54, 1.807) is 0 Å². The van der Waals surface area contributed by atoms with Crippen molar-refractivity contribution in [1.29, 1.82) is 0 Å². The summed E-state index contributed by atoms with van der Waals surface area (Å²) in [5.41, 5.74) is 0.549. The molecule has 0 fully saturated rings. The van der Waals surface area contributed by atoms with E-state index in [9.17, 15) is 8.42 Å². The highest BCUT2D eigenvalue weighted by atomic mass is 32.2. The second kappa shape index (κ2) is 2.98. The van der Waals surface area contributed by atoms with Crippen molar-refractivity contribution in [3.05, 3.63) is 23.8 Å². The minimum atomic E-state index is -4.36. The number of rotatable bonds is 1. The van der Waals surface area contributed by atoms with Crippen LogP contribution in [-0.4, -0.2) is 18.1 Å². The van der Waals surface area contributed by atoms with Gasteiger partial charge in [0.1, 0.15) is 11.3 Å². The van der Waals surface area contributed by atoms with Crippen molar-refractivity contribution in [2.24, 2.45) is 0 Å². The van der Waals surface area contributed by atoms with Crippen molar-refractivity contribution >= 4 is 21.1 Å². The van der Waals surface area contributed by atoms with Crippen LogP contribution in [0.2, 0.25) is 0 Å². The molecule has 2 N–H and O–H groups in total. The molecule has 0 aliphatic heterocycles. The first-order chi connectivity index (χ1) is 6.89. The Kier molecular flexibility index (Phi) is 1.99. The molecule has 0 saturated heterocycles. The van der Waals surface area contributed by atoms with E-state index in [1.807, 2.05) is 0 Å². The molecule has 0 bridgehead atoms. The molecule has 15 heavy (non-hydrogen) atoms. The lowest BCUT2D eigenvalue weighted by Gasteiger charge is -1.90. The summed E-state index contributed by atoms with van der Waals surface area (Å²) in [4.78, 5) is 0. The van der Waals surface area contributed by atoms with Crippen LogP contribution in [0.25, 0.3) is 11.0 Å². The van der Waals surface area contributed by atoms with Crippen molar-refractivity contribution in [1.82, 2.24) is 0 Å². The van der Waals surface area contributed by atoms with Crippen LogP contribution in [0.1, 0.15) is 5.56 Å². The van der Waals surface area contributed by atoms with Gasteiger partial charge in [0.2, 0.25) is 5.09 Å². The Bertz CT molecular complexity index is 623. The molecule has 0 atom stereocenters. The summed E-state index contributed by atoms with van der Waals surface area (Å²) in [5.74, 6) is -0.0295. The Balaban J connectivity index is 2.87. The first-order valence-electron chi connectivity index (χ1n) is 4.09. The molecule has 0 aliphatic carbocycles. The summed E-state index contributed by atoms with van der Waals surface area (Å²) < 4.78 is 35.6. The van der Waals surface area contributed by atoms with E-state index >= 15 is 0 Å². The van der Waals surface area contributed by atoms with Crippen LogP contribution in [0.3, 0.4) is 0 Å². The van der Waals surface area contributed by atoms with Crippen molar-refractivity contribution < 1.29 is 22.5 Å². The van der Waals surface area contributed by atoms with E-state index in [0.717, 1.165) is 0 Å². The maximum absolute atomic E-state index is 10.9. The monoisotopic (exact) mass is 228 g/mol. The van der Waals surface area contributed by atoms with Gasteiger partial charge in [-0.1, -0.05) is 0 Å². The number of hydrogen-bond donors (Lipinski definition) is 2. The van der Waals surface area contributed by atoms with Crippen LogP contribution in [0.4, 0.5) is 0 Å². The molecule has 5 nitrogen and oxygen atoms in total. The van der Waals surface area contributed by atoms with E-state index in [4.69, 9.17) is 14.1 Å². The molecule has 2 rings (SSSR count). The maximum atomic E-state index is 10.9. The number of benzene rings is 1. The van der Waals surface area contributed by atoms with Crippen molar-refractivity contribution in [2.45, 2.75) is 12.0 Å². The minimum absolute atomic E-state index is 0.0295. The third-order valence-electron chi connectivity index (χ3n) is 2.11. The number of fused-ring (bicyclic) bond motifs is 1. The van der Waals surface area contributed by atoms with E-state index in [-0.39, 0.29) is 11.3 Å². The van der Waals surface area contributed by atoms with Gasteiger partial charge in [-0.05, 0) is 19.1 Å². The molecule has 0 aliphatic rings. The standard InChI is InChI=1S/C9H8O5S/c1-5-7-3-2-6(10)4-8(7)14-9(5)15(11,12)13/h2-4,10H,1H3,(H,11,12,13). The van der Waals surface area contributed by atoms with E-state index in [2.05, 4.69) is 0 Å². The Morgan fingerprint density at radius 2 is 2.00 bits per heavy atom. The zero-order chi connectivity index (χ0) is 11.2. The predicted molar refractivity (Wildman–Crippen MR) is 52.4 cm³/mol. The fraction of sp³-hybridized carbons (Fsp3) is 0.111. The Labute approximate surface area is 85.7 Å². The second-order valence-electron chi connectivity index (χ2n) is 3.17. The smallest absolute Gasteiger partial charge is 0.328 e. The van der Waals surface area contributed by atoms with E-state index < -0.39 is 15.2 Å². The van der Waals surface area contributed by atoms with Gasteiger partial charge in [0.05, 0.1) is 0 Å². The molecule has 0 radical (unpaired) electrons. The molecule has 1 aromatic heterocycles. The normalized spacial score (nSPS) is 12.1. The summed E-state index contributed by atoms with van der Waals surface area (Å²) in [6, 6.07) is 4.23. The molecule has 1 heterocycles. The van der Waals surface area contributed by atoms with Crippen molar-refractivity contribution in [3.8, 4) is 5.75 Å². The third kappa shape index (κ3) is 1.57. The number of phenolic OH excluding ortho intramolecular Hbond substituents is 1. The van der Waals surface area contributed by atoms with Crippen LogP contribution in [-0.2, 0) is 10.1 Å². The summed E-state index contributed by atoms with van der Waals surface area (Å²) in [6.07, 6.45) is 0. The molecule has 1 aromatic carbocycles. The average molecular weight is 228 g/mol. The molecule has 0 unspecified atom stereocenters. The molecule has 0 saturated carbocycles. The van der Waals surface area contributed by atoms with Crippen molar-refractivity contribution in [3.63, 3.8) is 0 Å². The molecule has 0 spiro atoms. The Morgan fingerprint density at radius 3 is 2.60 bits per heavy atom. The van der Waals surface area contributed by atoms with Crippen LogP contribution in [0.5, 0.6) is 5.75 Å². The number of aromatic hydroxyl groups is 1. The molecule has 80 valence electrons. The highest BCUT2D eigenvalue weighted by Gasteiger charge is 2.21. The van der Waals surface area contributed by atoms with E-state index in [0.29, 0.717) is 10.9 Å². The van der Waals surface area contributed by atoms with Gasteiger partial charge in [-0.15, -0.1) is 0 Å². The largest absolute Gasteiger partial charge is 0.508 e. The van der Waals surface area contributed by atoms with Gasteiger partial charge in [-0.3, -0.25) is 4.55 Å². The maximum Gasteiger partial charge on any atom is 0.328 e. The first kappa shape index (κ1) is 10.0. The second-order valence-corrected chi connectivity index (χ2v) is 4.49. The van der Waals surface area contributed by atoms with Crippen LogP contribution in [0.15, 0.2) is 27.7 Å². The van der Waals surface area contributed by atoms with Crippen LogP contribution >= 0.6 is 0 Å². The highest BCUT2D eigenvalue weighted by molar-refractivity contribution is 7.85. The summed E-state index contributed by atoms with van der Waals surface area (Å²) in [7, 11) is -4.36. The summed E-state index contributed by atoms with van der Waals surface area (Å²) in [5, 5.41) is 9.22. The molecule has 0 amide bonds. The van der Waals surface area contributed by atoms with Gasteiger partial charge >= 0.3 is 10.1 Å². The van der Waals surface area contributed by atoms with Crippen molar-refractivity contribution in [2.75, 3.05) is 0 Å². The number of hydrogen-bond acceptors (Lipinski definition) is 4. The quantitative estimate of drug-likeness (QED) is 0.725. The fourth-order valence-corrected chi connectivity index (χ4v) is 2.13. The molecule has 6 heteroatoms. The number of phenols is 1. The van der Waals surface area contributed by atoms with Gasteiger partial charge in [0.25, 0.3) is 0 Å². The predicted octanol–water partition coefficient (Wildman–Crippen LogP) is 1.69. The average Bonchev–Trinajstić information content (AvgIpc) is 2.42. The summed E-state index contributed by atoms with van der Waals surface area (Å²) in [6.45, 7) is 1.52. The van der Waals surface area contributed by atoms with Crippen LogP contribution < -0.4 is 0 Å². The molecule has 2 aromatic rings. The Morgan fingerprint density at radius 1 is 1.33 bits per heavy atom. The molecular weight excluding hydrogens is 220 g/mol. The summed E-state index contributed by atoms with van der Waals surface area (Å²) >= 11 is 0. The van der Waals surface area contributed by atoms with Gasteiger partial charge in [-0.25, -0.2) is 0 Å². The minimum Gasteiger partial charge on any atom is -0.508 e. The van der Waals surface area contributed by atoms with Gasteiger partial charge in [0.15, 0.2) is 0 Å². The zero-order valence-electron chi connectivity index (χ0n) is 7.76. The number of aryl methyl sites for hydroxylation is 1. The van der Waals surface area contributed by atoms with Gasteiger partial charge in [0, 0.05) is 17.0 Å².